The van der Waals surface area contributed by atoms with E-state index >= 15 is 0 Å². The van der Waals surface area contributed by atoms with Crippen molar-refractivity contribution in [1.29, 1.82) is 0 Å². The number of fused-ring (bicyclic) bond motifs is 1. The van der Waals surface area contributed by atoms with Gasteiger partial charge in [0.05, 0.1) is 12.2 Å². The molecule has 0 saturated heterocycles. The maximum absolute atomic E-state index is 13.0. The van der Waals surface area contributed by atoms with E-state index in [9.17, 15) is 13.6 Å². The molecule has 0 aromatic carbocycles. The van der Waals surface area contributed by atoms with Crippen LogP contribution in [-0.2, 0) is 4.74 Å². The van der Waals surface area contributed by atoms with Gasteiger partial charge in [0.15, 0.2) is 5.65 Å². The number of carbonyl (C=O) groups excluding carboxylic acids is 1. The van der Waals surface area contributed by atoms with Gasteiger partial charge in [-0.05, 0) is 49.7 Å². The standard InChI is InChI=1S/C15H18BrF2N3O2/c1-9-6-19-13-11(5-10(16)7-20(9)13)21(8-12(17)18)14(22)23-15(2,3)4/h5-7,12H,8H2,1-4H3. The zero-order valence-electron chi connectivity index (χ0n) is 13.3. The van der Waals surface area contributed by atoms with Crippen LogP contribution in [0.25, 0.3) is 5.65 Å². The number of carbonyl (C=O) groups is 1. The molecule has 0 spiro atoms. The largest absolute Gasteiger partial charge is 0.443 e. The Hall–Kier alpha value is -1.70. The van der Waals surface area contributed by atoms with Crippen molar-refractivity contribution in [2.75, 3.05) is 11.4 Å². The smallest absolute Gasteiger partial charge is 0.415 e. The molecule has 0 unspecified atom stereocenters. The molecular formula is C15H18BrF2N3O2. The van der Waals surface area contributed by atoms with Crippen molar-refractivity contribution >= 4 is 33.4 Å². The molecule has 1 amide bonds. The molecule has 2 heterocycles. The topological polar surface area (TPSA) is 46.8 Å². The number of amides is 1. The Bertz CT molecular complexity index is 725. The molecule has 0 aliphatic carbocycles. The number of rotatable bonds is 3. The average Bonchev–Trinajstić information content (AvgIpc) is 2.75. The fourth-order valence-electron chi connectivity index (χ4n) is 2.08. The average molecular weight is 390 g/mol. The van der Waals surface area contributed by atoms with Crippen LogP contribution in [0, 0.1) is 6.92 Å². The number of aromatic nitrogens is 2. The molecule has 0 aliphatic heterocycles. The molecular weight excluding hydrogens is 372 g/mol. The van der Waals surface area contributed by atoms with Crippen molar-refractivity contribution < 1.29 is 18.3 Å². The monoisotopic (exact) mass is 389 g/mol. The van der Waals surface area contributed by atoms with Crippen molar-refractivity contribution in [3.8, 4) is 0 Å². The molecule has 126 valence electrons. The van der Waals surface area contributed by atoms with Gasteiger partial charge < -0.3 is 9.14 Å². The summed E-state index contributed by atoms with van der Waals surface area (Å²) in [5.74, 6) is 0. The number of ether oxygens (including phenoxy) is 1. The summed E-state index contributed by atoms with van der Waals surface area (Å²) in [5.41, 5.74) is 0.716. The highest BCUT2D eigenvalue weighted by molar-refractivity contribution is 9.10. The minimum atomic E-state index is -2.70. The minimum Gasteiger partial charge on any atom is -0.443 e. The Morgan fingerprint density at radius 2 is 2.13 bits per heavy atom. The predicted octanol–water partition coefficient (Wildman–Crippen LogP) is 4.41. The fraction of sp³-hybridized carbons (Fsp3) is 0.467. The Morgan fingerprint density at radius 1 is 1.48 bits per heavy atom. The third-order valence-corrected chi connectivity index (χ3v) is 3.40. The van der Waals surface area contributed by atoms with Crippen LogP contribution in [0.2, 0.25) is 0 Å². The number of hydrogen-bond acceptors (Lipinski definition) is 3. The third kappa shape index (κ3) is 4.19. The van der Waals surface area contributed by atoms with Gasteiger partial charge >= 0.3 is 6.09 Å². The Morgan fingerprint density at radius 3 is 2.70 bits per heavy atom. The van der Waals surface area contributed by atoms with E-state index in [-0.39, 0.29) is 5.69 Å². The second-order valence-corrected chi connectivity index (χ2v) is 7.03. The van der Waals surface area contributed by atoms with Gasteiger partial charge in [0.1, 0.15) is 5.60 Å². The molecule has 5 nitrogen and oxygen atoms in total. The van der Waals surface area contributed by atoms with E-state index in [4.69, 9.17) is 4.74 Å². The van der Waals surface area contributed by atoms with Gasteiger partial charge in [0, 0.05) is 22.6 Å². The van der Waals surface area contributed by atoms with Crippen LogP contribution in [0.4, 0.5) is 19.3 Å². The van der Waals surface area contributed by atoms with E-state index in [0.717, 1.165) is 10.6 Å². The van der Waals surface area contributed by atoms with Crippen LogP contribution in [0.3, 0.4) is 0 Å². The lowest BCUT2D eigenvalue weighted by molar-refractivity contribution is 0.0544. The van der Waals surface area contributed by atoms with Crippen LogP contribution in [0.15, 0.2) is 22.9 Å². The number of alkyl halides is 2. The van der Waals surface area contributed by atoms with Crippen LogP contribution < -0.4 is 4.90 Å². The van der Waals surface area contributed by atoms with Crippen LogP contribution in [-0.4, -0.2) is 34.0 Å². The first-order valence-electron chi connectivity index (χ1n) is 7.00. The van der Waals surface area contributed by atoms with Gasteiger partial charge in [-0.15, -0.1) is 0 Å². The fourth-order valence-corrected chi connectivity index (χ4v) is 2.50. The van der Waals surface area contributed by atoms with Crippen molar-refractivity contribution in [3.63, 3.8) is 0 Å². The van der Waals surface area contributed by atoms with E-state index < -0.39 is 24.7 Å². The highest BCUT2D eigenvalue weighted by atomic mass is 79.9. The lowest BCUT2D eigenvalue weighted by Crippen LogP contribution is -2.40. The number of aryl methyl sites for hydroxylation is 1. The first-order chi connectivity index (χ1) is 10.6. The normalized spacial score (nSPS) is 12.0. The van der Waals surface area contributed by atoms with E-state index in [1.807, 2.05) is 6.92 Å². The molecule has 0 N–H and O–H groups in total. The van der Waals surface area contributed by atoms with Gasteiger partial charge in [-0.1, -0.05) is 0 Å². The van der Waals surface area contributed by atoms with Crippen LogP contribution >= 0.6 is 15.9 Å². The van der Waals surface area contributed by atoms with Crippen LogP contribution in [0.5, 0.6) is 0 Å². The van der Waals surface area contributed by atoms with E-state index in [1.54, 1.807) is 43.6 Å². The van der Waals surface area contributed by atoms with Gasteiger partial charge in [0.25, 0.3) is 6.43 Å². The zero-order valence-corrected chi connectivity index (χ0v) is 14.9. The quantitative estimate of drug-likeness (QED) is 0.780. The summed E-state index contributed by atoms with van der Waals surface area (Å²) in [5, 5.41) is 0. The van der Waals surface area contributed by atoms with E-state index in [2.05, 4.69) is 20.9 Å². The number of anilines is 1. The Balaban J connectivity index is 2.53. The Kier molecular flexibility index (Phi) is 4.93. The molecule has 0 fully saturated rings. The number of halogens is 3. The van der Waals surface area contributed by atoms with Crippen molar-refractivity contribution in [2.45, 2.75) is 39.7 Å². The van der Waals surface area contributed by atoms with Gasteiger partial charge in [-0.2, -0.15) is 0 Å². The summed E-state index contributed by atoms with van der Waals surface area (Å²) in [4.78, 5) is 17.5. The second-order valence-electron chi connectivity index (χ2n) is 6.12. The van der Waals surface area contributed by atoms with E-state index in [1.165, 1.54) is 0 Å². The molecule has 0 radical (unpaired) electrons. The third-order valence-electron chi connectivity index (χ3n) is 2.96. The molecule has 0 atom stereocenters. The number of hydrogen-bond donors (Lipinski definition) is 0. The highest BCUT2D eigenvalue weighted by Crippen LogP contribution is 2.28. The van der Waals surface area contributed by atoms with Crippen molar-refractivity contribution in [3.05, 3.63) is 28.6 Å². The predicted molar refractivity (Wildman–Crippen MR) is 87.2 cm³/mol. The first kappa shape index (κ1) is 17.7. The summed E-state index contributed by atoms with van der Waals surface area (Å²) in [7, 11) is 0. The highest BCUT2D eigenvalue weighted by Gasteiger charge is 2.28. The summed E-state index contributed by atoms with van der Waals surface area (Å²) < 4.78 is 33.6. The molecule has 23 heavy (non-hydrogen) atoms. The molecule has 0 bridgehead atoms. The summed E-state index contributed by atoms with van der Waals surface area (Å²) in [6, 6.07) is 1.58. The summed E-state index contributed by atoms with van der Waals surface area (Å²) >= 11 is 3.33. The molecule has 0 saturated carbocycles. The van der Waals surface area contributed by atoms with Gasteiger partial charge in [-0.3, -0.25) is 4.90 Å². The van der Waals surface area contributed by atoms with Crippen LogP contribution in [0.1, 0.15) is 26.5 Å². The lowest BCUT2D eigenvalue weighted by atomic mass is 10.2. The molecule has 2 aromatic heterocycles. The maximum atomic E-state index is 13.0. The summed E-state index contributed by atoms with van der Waals surface area (Å²) in [6.45, 7) is 6.11. The minimum absolute atomic E-state index is 0.266. The molecule has 2 aromatic rings. The second kappa shape index (κ2) is 6.43. The molecule has 8 heteroatoms. The first-order valence-corrected chi connectivity index (χ1v) is 7.79. The molecule has 0 aliphatic rings. The van der Waals surface area contributed by atoms with E-state index in [0.29, 0.717) is 10.1 Å². The van der Waals surface area contributed by atoms with Gasteiger partial charge in [0.2, 0.25) is 0 Å². The lowest BCUT2D eigenvalue weighted by Gasteiger charge is -2.27. The number of pyridine rings is 1. The van der Waals surface area contributed by atoms with Crippen molar-refractivity contribution in [2.24, 2.45) is 0 Å². The SMILES string of the molecule is Cc1cnc2c(N(CC(F)F)C(=O)OC(C)(C)C)cc(Br)cn12. The van der Waals surface area contributed by atoms with Crippen molar-refractivity contribution in [1.82, 2.24) is 9.38 Å². The number of nitrogens with zero attached hydrogens (tertiary/aromatic N) is 3. The number of imidazole rings is 1. The molecule has 2 rings (SSSR count). The van der Waals surface area contributed by atoms with Gasteiger partial charge in [-0.25, -0.2) is 18.6 Å². The Labute approximate surface area is 141 Å². The summed E-state index contributed by atoms with van der Waals surface area (Å²) in [6.07, 6.45) is -0.159. The maximum Gasteiger partial charge on any atom is 0.415 e. The zero-order chi connectivity index (χ0) is 17.4.